The lowest BCUT2D eigenvalue weighted by molar-refractivity contribution is -0.116. The molecule has 0 aliphatic heterocycles. The predicted octanol–water partition coefficient (Wildman–Crippen LogP) is 1.83. The van der Waals surface area contributed by atoms with Crippen LogP contribution in [0.4, 0.5) is 5.69 Å². The number of carbonyl (C=O) groups excluding carboxylic acids is 1. The molecule has 22 heavy (non-hydrogen) atoms. The summed E-state index contributed by atoms with van der Waals surface area (Å²) in [6.45, 7) is 5.54. The first-order valence-electron chi connectivity index (χ1n) is 7.42. The molecule has 0 aliphatic rings. The van der Waals surface area contributed by atoms with Crippen LogP contribution in [0.15, 0.2) is 29.2 Å². The average Bonchev–Trinajstić information content (AvgIpc) is 2.45. The molecule has 0 spiro atoms. The molecule has 0 fully saturated rings. The third kappa shape index (κ3) is 6.13. The fraction of sp³-hybridized carbons (Fsp3) is 0.533. The highest BCUT2D eigenvalue weighted by Crippen LogP contribution is 2.16. The molecule has 0 saturated carbocycles. The fourth-order valence-electron chi connectivity index (χ4n) is 1.74. The van der Waals surface area contributed by atoms with Crippen LogP contribution in [0.3, 0.4) is 0 Å². The fourth-order valence-corrected chi connectivity index (χ4v) is 3.11. The highest BCUT2D eigenvalue weighted by molar-refractivity contribution is 7.89. The topological polar surface area (TPSA) is 101 Å². The van der Waals surface area contributed by atoms with Crippen LogP contribution in [0.5, 0.6) is 0 Å². The zero-order chi connectivity index (χ0) is 16.8. The molecule has 1 amide bonds. The second-order valence-corrected chi connectivity index (χ2v) is 7.24. The van der Waals surface area contributed by atoms with Gasteiger partial charge in [0.15, 0.2) is 0 Å². The van der Waals surface area contributed by atoms with E-state index >= 15 is 0 Å². The summed E-state index contributed by atoms with van der Waals surface area (Å²) in [6.07, 6.45) is 1.59. The zero-order valence-corrected chi connectivity index (χ0v) is 14.1. The minimum Gasteiger partial charge on any atom is -0.328 e. The smallest absolute Gasteiger partial charge is 0.240 e. The summed E-state index contributed by atoms with van der Waals surface area (Å²) in [5.41, 5.74) is 6.07. The molecule has 0 saturated heterocycles. The van der Waals surface area contributed by atoms with Gasteiger partial charge in [0.1, 0.15) is 0 Å². The second-order valence-electron chi connectivity index (χ2n) is 5.52. The molecule has 1 aromatic carbocycles. The quantitative estimate of drug-likeness (QED) is 0.678. The van der Waals surface area contributed by atoms with Crippen molar-refractivity contribution in [3.05, 3.63) is 24.3 Å². The minimum atomic E-state index is -3.58. The lowest BCUT2D eigenvalue weighted by Gasteiger charge is -2.13. The van der Waals surface area contributed by atoms with Crippen LogP contribution < -0.4 is 15.8 Å². The summed E-state index contributed by atoms with van der Waals surface area (Å²) < 4.78 is 27.0. The summed E-state index contributed by atoms with van der Waals surface area (Å²) in [7, 11) is -3.58. The molecule has 0 aliphatic carbocycles. The van der Waals surface area contributed by atoms with Crippen molar-refractivity contribution in [2.24, 2.45) is 5.73 Å². The number of amides is 1. The standard InChI is InChI=1S/C15H25N3O3S/c1-4-12(3)18-22(20,21)14-7-5-6-13(10-14)17-15(19)9-8-11(2)16/h5-7,10-12,18H,4,8-9,16H2,1-3H3,(H,17,19). The molecule has 1 aromatic rings. The Hall–Kier alpha value is -1.44. The van der Waals surface area contributed by atoms with E-state index in [0.717, 1.165) is 0 Å². The molecule has 2 unspecified atom stereocenters. The van der Waals surface area contributed by atoms with Crippen LogP contribution in [-0.4, -0.2) is 26.4 Å². The van der Waals surface area contributed by atoms with Gasteiger partial charge >= 0.3 is 0 Å². The number of sulfonamides is 1. The number of anilines is 1. The predicted molar refractivity (Wildman–Crippen MR) is 88.0 cm³/mol. The van der Waals surface area contributed by atoms with Crippen molar-refractivity contribution in [1.29, 1.82) is 0 Å². The van der Waals surface area contributed by atoms with E-state index < -0.39 is 10.0 Å². The first kappa shape index (κ1) is 18.6. The Balaban J connectivity index is 2.79. The van der Waals surface area contributed by atoms with Crippen LogP contribution >= 0.6 is 0 Å². The van der Waals surface area contributed by atoms with Crippen molar-refractivity contribution in [2.75, 3.05) is 5.32 Å². The van der Waals surface area contributed by atoms with Crippen molar-refractivity contribution in [3.63, 3.8) is 0 Å². The average molecular weight is 327 g/mol. The number of benzene rings is 1. The molecule has 0 heterocycles. The van der Waals surface area contributed by atoms with E-state index in [9.17, 15) is 13.2 Å². The van der Waals surface area contributed by atoms with Crippen molar-refractivity contribution in [2.45, 2.75) is 57.0 Å². The van der Waals surface area contributed by atoms with Crippen molar-refractivity contribution >= 4 is 21.6 Å². The van der Waals surface area contributed by atoms with Crippen LogP contribution in [0.1, 0.15) is 40.0 Å². The maximum Gasteiger partial charge on any atom is 0.240 e. The molecule has 4 N–H and O–H groups in total. The van der Waals surface area contributed by atoms with Gasteiger partial charge in [0.25, 0.3) is 0 Å². The van der Waals surface area contributed by atoms with E-state index in [4.69, 9.17) is 5.73 Å². The van der Waals surface area contributed by atoms with Gasteiger partial charge < -0.3 is 11.1 Å². The Morgan fingerprint density at radius 3 is 2.59 bits per heavy atom. The molecular formula is C15H25N3O3S. The van der Waals surface area contributed by atoms with Crippen LogP contribution in [0.25, 0.3) is 0 Å². The lowest BCUT2D eigenvalue weighted by Crippen LogP contribution is -2.32. The highest BCUT2D eigenvalue weighted by atomic mass is 32.2. The van der Waals surface area contributed by atoms with Crippen LogP contribution in [0, 0.1) is 0 Å². The summed E-state index contributed by atoms with van der Waals surface area (Å²) in [4.78, 5) is 11.9. The van der Waals surface area contributed by atoms with Crippen LogP contribution in [0.2, 0.25) is 0 Å². The number of carbonyl (C=O) groups is 1. The maximum absolute atomic E-state index is 12.2. The molecule has 1 rings (SSSR count). The SMILES string of the molecule is CCC(C)NS(=O)(=O)c1cccc(NC(=O)CCC(C)N)c1. The number of hydrogen-bond acceptors (Lipinski definition) is 4. The first-order valence-corrected chi connectivity index (χ1v) is 8.90. The van der Waals surface area contributed by atoms with Gasteiger partial charge in [-0.2, -0.15) is 0 Å². The third-order valence-electron chi connectivity index (χ3n) is 3.22. The molecule has 0 radical (unpaired) electrons. The van der Waals surface area contributed by atoms with E-state index in [1.165, 1.54) is 12.1 Å². The number of hydrogen-bond donors (Lipinski definition) is 3. The van der Waals surface area contributed by atoms with Gasteiger partial charge in [-0.25, -0.2) is 13.1 Å². The molecule has 0 aromatic heterocycles. The highest BCUT2D eigenvalue weighted by Gasteiger charge is 2.17. The summed E-state index contributed by atoms with van der Waals surface area (Å²) >= 11 is 0. The van der Waals surface area contributed by atoms with E-state index in [1.54, 1.807) is 19.1 Å². The number of rotatable bonds is 8. The largest absolute Gasteiger partial charge is 0.328 e. The van der Waals surface area contributed by atoms with Crippen molar-refractivity contribution < 1.29 is 13.2 Å². The monoisotopic (exact) mass is 327 g/mol. The van der Waals surface area contributed by atoms with E-state index in [2.05, 4.69) is 10.0 Å². The summed E-state index contributed by atoms with van der Waals surface area (Å²) in [5.74, 6) is -0.179. The second kappa shape index (κ2) is 8.26. The van der Waals surface area contributed by atoms with Crippen molar-refractivity contribution in [3.8, 4) is 0 Å². The minimum absolute atomic E-state index is 0.0443. The Morgan fingerprint density at radius 1 is 1.32 bits per heavy atom. The van der Waals surface area contributed by atoms with Gasteiger partial charge in [0.05, 0.1) is 4.90 Å². The van der Waals surface area contributed by atoms with Gasteiger partial charge in [-0.3, -0.25) is 4.79 Å². The van der Waals surface area contributed by atoms with Crippen molar-refractivity contribution in [1.82, 2.24) is 4.72 Å². The molecule has 124 valence electrons. The Kier molecular flexibility index (Phi) is 6.99. The van der Waals surface area contributed by atoms with Gasteiger partial charge in [0, 0.05) is 24.2 Å². The number of nitrogens with one attached hydrogen (secondary N) is 2. The van der Waals surface area contributed by atoms with Gasteiger partial charge in [-0.05, 0) is 44.9 Å². The first-order chi connectivity index (χ1) is 10.2. The maximum atomic E-state index is 12.2. The van der Waals surface area contributed by atoms with E-state index in [1.807, 2.05) is 13.8 Å². The zero-order valence-electron chi connectivity index (χ0n) is 13.3. The van der Waals surface area contributed by atoms with Gasteiger partial charge in [-0.1, -0.05) is 13.0 Å². The molecular weight excluding hydrogens is 302 g/mol. The normalized spacial score (nSPS) is 14.4. The van der Waals surface area contributed by atoms with Gasteiger partial charge in [-0.15, -0.1) is 0 Å². The van der Waals surface area contributed by atoms with Gasteiger partial charge in [0.2, 0.25) is 15.9 Å². The number of nitrogens with two attached hydrogens (primary N) is 1. The summed E-state index contributed by atoms with van der Waals surface area (Å²) in [5, 5.41) is 2.69. The summed E-state index contributed by atoms with van der Waals surface area (Å²) in [6, 6.07) is 6.03. The van der Waals surface area contributed by atoms with E-state index in [-0.39, 0.29) is 22.9 Å². The Morgan fingerprint density at radius 2 is 2.00 bits per heavy atom. The third-order valence-corrected chi connectivity index (χ3v) is 4.81. The molecule has 7 heteroatoms. The Bertz CT molecular complexity index is 600. The molecule has 2 atom stereocenters. The lowest BCUT2D eigenvalue weighted by atomic mass is 10.2. The van der Waals surface area contributed by atoms with E-state index in [0.29, 0.717) is 24.9 Å². The molecule has 6 nitrogen and oxygen atoms in total. The molecule has 0 bridgehead atoms. The Labute approximate surface area is 132 Å². The van der Waals surface area contributed by atoms with Crippen LogP contribution in [-0.2, 0) is 14.8 Å².